The highest BCUT2D eigenvalue weighted by atomic mass is 16.5. The van der Waals surface area contributed by atoms with Gasteiger partial charge < -0.3 is 14.8 Å². The van der Waals surface area contributed by atoms with E-state index in [2.05, 4.69) is 10.4 Å². The molecular formula is C24H27N3O4. The lowest BCUT2D eigenvalue weighted by Gasteiger charge is -2.09. The zero-order chi connectivity index (χ0) is 22.4. The zero-order valence-corrected chi connectivity index (χ0v) is 18.3. The fourth-order valence-electron chi connectivity index (χ4n) is 3.06. The van der Waals surface area contributed by atoms with Crippen LogP contribution < -0.4 is 10.1 Å². The number of hydrogen-bond acceptors (Lipinski definition) is 5. The van der Waals surface area contributed by atoms with Crippen molar-refractivity contribution < 1.29 is 19.1 Å². The second-order valence-corrected chi connectivity index (χ2v) is 7.29. The lowest BCUT2D eigenvalue weighted by molar-refractivity contribution is -0.119. The minimum absolute atomic E-state index is 0.358. The molecule has 0 aliphatic rings. The summed E-state index contributed by atoms with van der Waals surface area (Å²) in [5.74, 6) is -0.306. The van der Waals surface area contributed by atoms with Crippen LogP contribution in [-0.4, -0.2) is 34.9 Å². The Morgan fingerprint density at radius 2 is 1.68 bits per heavy atom. The summed E-state index contributed by atoms with van der Waals surface area (Å²) >= 11 is 0. The van der Waals surface area contributed by atoms with Gasteiger partial charge in [-0.3, -0.25) is 4.79 Å². The van der Waals surface area contributed by atoms with E-state index in [0.717, 1.165) is 23.4 Å². The van der Waals surface area contributed by atoms with E-state index in [1.165, 1.54) is 0 Å². The van der Waals surface area contributed by atoms with E-state index in [1.807, 2.05) is 52.0 Å². The van der Waals surface area contributed by atoms with Crippen LogP contribution in [0.25, 0.3) is 5.69 Å². The first-order chi connectivity index (χ1) is 14.9. The summed E-state index contributed by atoms with van der Waals surface area (Å²) in [7, 11) is 0. The molecule has 3 rings (SSSR count). The third-order valence-corrected chi connectivity index (χ3v) is 4.73. The number of nitrogens with one attached hydrogen (secondary N) is 1. The summed E-state index contributed by atoms with van der Waals surface area (Å²) in [5.41, 5.74) is 4.51. The van der Waals surface area contributed by atoms with Gasteiger partial charge in [-0.25, -0.2) is 9.48 Å². The lowest BCUT2D eigenvalue weighted by atomic mass is 10.2. The Morgan fingerprint density at radius 1 is 1.00 bits per heavy atom. The van der Waals surface area contributed by atoms with Crippen LogP contribution in [0.2, 0.25) is 0 Å². The third kappa shape index (κ3) is 5.51. The van der Waals surface area contributed by atoms with E-state index in [9.17, 15) is 9.59 Å². The molecule has 0 unspecified atom stereocenters. The Kier molecular flexibility index (Phi) is 7.07. The first-order valence-electron chi connectivity index (χ1n) is 10.2. The predicted octanol–water partition coefficient (Wildman–Crippen LogP) is 4.38. The summed E-state index contributed by atoms with van der Waals surface area (Å²) in [6.07, 6.45) is 0.905. The molecule has 0 aliphatic heterocycles. The van der Waals surface area contributed by atoms with Crippen LogP contribution in [0.5, 0.6) is 5.75 Å². The number of hydrogen-bond donors (Lipinski definition) is 1. The number of ether oxygens (including phenoxy) is 2. The smallest absolute Gasteiger partial charge is 0.338 e. The summed E-state index contributed by atoms with van der Waals surface area (Å²) < 4.78 is 12.4. The summed E-state index contributed by atoms with van der Waals surface area (Å²) in [6, 6.07) is 14.6. The van der Waals surface area contributed by atoms with Crippen molar-refractivity contribution in [1.29, 1.82) is 0 Å². The number of esters is 1. The second kappa shape index (κ2) is 9.93. The minimum atomic E-state index is -0.569. The van der Waals surface area contributed by atoms with Crippen molar-refractivity contribution in [2.75, 3.05) is 18.5 Å². The number of benzene rings is 2. The van der Waals surface area contributed by atoms with Crippen molar-refractivity contribution in [2.45, 2.75) is 34.1 Å². The number of carbonyl (C=O) groups is 2. The Hall–Kier alpha value is -3.61. The molecule has 1 heterocycles. The van der Waals surface area contributed by atoms with Crippen molar-refractivity contribution in [3.8, 4) is 11.4 Å². The van der Waals surface area contributed by atoms with Gasteiger partial charge in [-0.2, -0.15) is 5.10 Å². The highest BCUT2D eigenvalue weighted by Crippen LogP contribution is 2.23. The monoisotopic (exact) mass is 421 g/mol. The number of nitrogens with zero attached hydrogens (tertiary/aromatic N) is 2. The van der Waals surface area contributed by atoms with Crippen LogP contribution in [0.1, 0.15) is 40.7 Å². The van der Waals surface area contributed by atoms with Crippen molar-refractivity contribution in [3.63, 3.8) is 0 Å². The fourth-order valence-corrected chi connectivity index (χ4v) is 3.06. The predicted molar refractivity (Wildman–Crippen MR) is 119 cm³/mol. The standard InChI is InChI=1S/C24H27N3O4/c1-5-14-30-21-12-8-19(9-13-21)24(29)31-15-22(28)25-23-17(3)26-27(18(23)4)20-10-6-16(2)7-11-20/h6-13H,5,14-15H2,1-4H3,(H,25,28). The van der Waals surface area contributed by atoms with Gasteiger partial charge in [-0.15, -0.1) is 0 Å². The fraction of sp³-hybridized carbons (Fsp3) is 0.292. The molecule has 0 radical (unpaired) electrons. The van der Waals surface area contributed by atoms with Crippen LogP contribution in [0.3, 0.4) is 0 Å². The molecule has 0 spiro atoms. The first kappa shape index (κ1) is 22.1. The van der Waals surface area contributed by atoms with E-state index in [1.54, 1.807) is 28.9 Å². The zero-order valence-electron chi connectivity index (χ0n) is 18.3. The van der Waals surface area contributed by atoms with Gasteiger partial charge in [0.2, 0.25) is 0 Å². The molecule has 0 saturated carbocycles. The highest BCUT2D eigenvalue weighted by Gasteiger charge is 2.17. The number of carbonyl (C=O) groups excluding carboxylic acids is 2. The van der Waals surface area contributed by atoms with Gasteiger partial charge in [0.05, 0.1) is 34.9 Å². The molecule has 7 nitrogen and oxygen atoms in total. The van der Waals surface area contributed by atoms with Crippen LogP contribution in [-0.2, 0) is 9.53 Å². The van der Waals surface area contributed by atoms with Crippen LogP contribution in [0.4, 0.5) is 5.69 Å². The molecule has 0 fully saturated rings. The van der Waals surface area contributed by atoms with Gasteiger partial charge in [0.15, 0.2) is 6.61 Å². The maximum Gasteiger partial charge on any atom is 0.338 e. The molecule has 1 aromatic heterocycles. The number of aryl methyl sites for hydroxylation is 2. The Morgan fingerprint density at radius 3 is 2.32 bits per heavy atom. The molecule has 0 bridgehead atoms. The lowest BCUT2D eigenvalue weighted by Crippen LogP contribution is -2.21. The Labute approximate surface area is 182 Å². The molecule has 162 valence electrons. The molecule has 31 heavy (non-hydrogen) atoms. The van der Waals surface area contributed by atoms with Gasteiger partial charge in [0.1, 0.15) is 5.75 Å². The van der Waals surface area contributed by atoms with Crippen LogP contribution in [0.15, 0.2) is 48.5 Å². The van der Waals surface area contributed by atoms with E-state index < -0.39 is 11.9 Å². The van der Waals surface area contributed by atoms with E-state index in [4.69, 9.17) is 9.47 Å². The average Bonchev–Trinajstić information content (AvgIpc) is 3.05. The molecule has 0 aliphatic carbocycles. The molecule has 7 heteroatoms. The van der Waals surface area contributed by atoms with Crippen molar-refractivity contribution >= 4 is 17.6 Å². The van der Waals surface area contributed by atoms with Gasteiger partial charge in [0.25, 0.3) is 5.91 Å². The van der Waals surface area contributed by atoms with Crippen LogP contribution >= 0.6 is 0 Å². The summed E-state index contributed by atoms with van der Waals surface area (Å²) in [6.45, 7) is 7.97. The molecule has 3 aromatic rings. The topological polar surface area (TPSA) is 82.4 Å². The number of aromatic nitrogens is 2. The molecule has 0 saturated heterocycles. The summed E-state index contributed by atoms with van der Waals surface area (Å²) in [4.78, 5) is 24.6. The summed E-state index contributed by atoms with van der Waals surface area (Å²) in [5, 5.41) is 7.32. The van der Waals surface area contributed by atoms with Gasteiger partial charge in [0, 0.05) is 0 Å². The average molecular weight is 421 g/mol. The van der Waals surface area contributed by atoms with Crippen molar-refractivity contribution in [3.05, 3.63) is 71.0 Å². The molecule has 0 atom stereocenters. The largest absolute Gasteiger partial charge is 0.494 e. The van der Waals surface area contributed by atoms with E-state index >= 15 is 0 Å². The Bertz CT molecular complexity index is 1050. The van der Waals surface area contributed by atoms with Gasteiger partial charge in [-0.05, 0) is 63.6 Å². The van der Waals surface area contributed by atoms with E-state index in [-0.39, 0.29) is 6.61 Å². The third-order valence-electron chi connectivity index (χ3n) is 4.73. The quantitative estimate of drug-likeness (QED) is 0.546. The SMILES string of the molecule is CCCOc1ccc(C(=O)OCC(=O)Nc2c(C)nn(-c3ccc(C)cc3)c2C)cc1. The van der Waals surface area contributed by atoms with Gasteiger partial charge >= 0.3 is 5.97 Å². The first-order valence-corrected chi connectivity index (χ1v) is 10.2. The molecule has 2 aromatic carbocycles. The van der Waals surface area contributed by atoms with Crippen LogP contribution in [0, 0.1) is 20.8 Å². The number of rotatable bonds is 8. The van der Waals surface area contributed by atoms with E-state index in [0.29, 0.717) is 29.3 Å². The number of amides is 1. The molecule has 1 N–H and O–H groups in total. The molecular weight excluding hydrogens is 394 g/mol. The highest BCUT2D eigenvalue weighted by molar-refractivity contribution is 5.96. The molecule has 1 amide bonds. The Balaban J connectivity index is 1.59. The number of anilines is 1. The van der Waals surface area contributed by atoms with Crippen molar-refractivity contribution in [1.82, 2.24) is 9.78 Å². The minimum Gasteiger partial charge on any atom is -0.494 e. The van der Waals surface area contributed by atoms with Crippen molar-refractivity contribution in [2.24, 2.45) is 0 Å². The van der Waals surface area contributed by atoms with Gasteiger partial charge in [-0.1, -0.05) is 24.6 Å². The normalized spacial score (nSPS) is 10.6. The maximum absolute atomic E-state index is 12.4. The second-order valence-electron chi connectivity index (χ2n) is 7.29. The maximum atomic E-state index is 12.4.